The van der Waals surface area contributed by atoms with Gasteiger partial charge in [-0.1, -0.05) is 0 Å². The van der Waals surface area contributed by atoms with E-state index in [9.17, 15) is 0 Å². The quantitative estimate of drug-likeness (QED) is 0.488. The van der Waals surface area contributed by atoms with Crippen LogP contribution in [0.1, 0.15) is 12.8 Å². The molecule has 0 saturated heterocycles. The number of nitrogens with one attached hydrogen (secondary N) is 1. The van der Waals surface area contributed by atoms with Crippen molar-refractivity contribution < 1.29 is 9.47 Å². The minimum absolute atomic E-state index is 0.696. The molecule has 4 aromatic rings. The molecule has 0 spiro atoms. The molecule has 0 aliphatic heterocycles. The number of aromatic amines is 1. The monoisotopic (exact) mass is 401 g/mol. The largest absolute Gasteiger partial charge is 0.497 e. The van der Waals surface area contributed by atoms with Crippen molar-refractivity contribution in [3.63, 3.8) is 0 Å². The summed E-state index contributed by atoms with van der Waals surface area (Å²) in [6.07, 6.45) is 7.87. The molecule has 7 heteroatoms. The van der Waals surface area contributed by atoms with Crippen molar-refractivity contribution >= 4 is 22.4 Å². The molecule has 30 heavy (non-hydrogen) atoms. The van der Waals surface area contributed by atoms with E-state index in [1.54, 1.807) is 26.6 Å². The Labute approximate surface area is 174 Å². The molecule has 0 bridgehead atoms. The molecule has 1 aliphatic rings. The van der Waals surface area contributed by atoms with Crippen molar-refractivity contribution in [1.29, 1.82) is 0 Å². The molecule has 0 atom stereocenters. The van der Waals surface area contributed by atoms with E-state index >= 15 is 0 Å². The summed E-state index contributed by atoms with van der Waals surface area (Å²) in [4.78, 5) is 11.7. The van der Waals surface area contributed by atoms with Gasteiger partial charge in [0.1, 0.15) is 11.5 Å². The first-order valence-corrected chi connectivity index (χ1v) is 10.00. The first kappa shape index (κ1) is 18.4. The zero-order chi connectivity index (χ0) is 20.5. The SMILES string of the molecule is COc1cc(OC)cc(N(CC2CC2)c2ccc3ncc(-c4cn[nH]c4)nc3c2)c1. The van der Waals surface area contributed by atoms with Crippen LogP contribution < -0.4 is 14.4 Å². The summed E-state index contributed by atoms with van der Waals surface area (Å²) in [6, 6.07) is 12.2. The van der Waals surface area contributed by atoms with E-state index in [1.165, 1.54) is 12.8 Å². The Balaban J connectivity index is 1.58. The summed E-state index contributed by atoms with van der Waals surface area (Å²) in [5.41, 5.74) is 5.54. The predicted molar refractivity (Wildman–Crippen MR) is 116 cm³/mol. The lowest BCUT2D eigenvalue weighted by Gasteiger charge is -2.26. The van der Waals surface area contributed by atoms with Gasteiger partial charge in [-0.15, -0.1) is 0 Å². The standard InChI is InChI=1S/C23H23N5O2/c1-29-19-7-18(8-20(10-19)30-2)28(14-15-3-4-15)17-5-6-21-22(9-17)27-23(13-24-21)16-11-25-26-12-16/h5-13,15H,3-4,14H2,1-2H3,(H,25,26). The lowest BCUT2D eigenvalue weighted by Crippen LogP contribution is -2.20. The molecule has 1 saturated carbocycles. The van der Waals surface area contributed by atoms with Gasteiger partial charge < -0.3 is 14.4 Å². The summed E-state index contributed by atoms with van der Waals surface area (Å²) in [7, 11) is 3.35. The van der Waals surface area contributed by atoms with E-state index in [4.69, 9.17) is 14.5 Å². The third-order valence-corrected chi connectivity index (χ3v) is 5.42. The lowest BCUT2D eigenvalue weighted by atomic mass is 10.1. The highest BCUT2D eigenvalue weighted by Gasteiger charge is 2.26. The van der Waals surface area contributed by atoms with E-state index in [2.05, 4.69) is 32.2 Å². The number of aromatic nitrogens is 4. The molecular formula is C23H23N5O2. The molecule has 0 amide bonds. The topological polar surface area (TPSA) is 76.2 Å². The maximum atomic E-state index is 5.49. The van der Waals surface area contributed by atoms with Crippen molar-refractivity contribution in [3.8, 4) is 22.8 Å². The van der Waals surface area contributed by atoms with Gasteiger partial charge in [0.05, 0.1) is 43.3 Å². The van der Waals surface area contributed by atoms with Gasteiger partial charge in [-0.05, 0) is 37.0 Å². The van der Waals surface area contributed by atoms with Gasteiger partial charge >= 0.3 is 0 Å². The number of nitrogens with zero attached hydrogens (tertiary/aromatic N) is 4. The second-order valence-corrected chi connectivity index (χ2v) is 7.54. The molecule has 5 rings (SSSR count). The summed E-state index contributed by atoms with van der Waals surface area (Å²) in [5, 5.41) is 6.84. The maximum Gasteiger partial charge on any atom is 0.124 e. The maximum absolute atomic E-state index is 5.49. The molecule has 7 nitrogen and oxygen atoms in total. The molecule has 2 aromatic carbocycles. The first-order chi connectivity index (χ1) is 14.7. The average molecular weight is 401 g/mol. The Morgan fingerprint density at radius 2 is 1.77 bits per heavy atom. The number of H-pyrrole nitrogens is 1. The second kappa shape index (κ2) is 7.67. The number of hydrogen-bond acceptors (Lipinski definition) is 6. The summed E-state index contributed by atoms with van der Waals surface area (Å²) in [6.45, 7) is 0.941. The fourth-order valence-electron chi connectivity index (χ4n) is 3.56. The average Bonchev–Trinajstić information content (AvgIpc) is 3.45. The van der Waals surface area contributed by atoms with Crippen molar-refractivity contribution in [2.24, 2.45) is 5.92 Å². The molecule has 2 aromatic heterocycles. The Hall–Kier alpha value is -3.61. The predicted octanol–water partition coefficient (Wildman–Crippen LogP) is 4.59. The van der Waals surface area contributed by atoms with Crippen LogP contribution in [0.15, 0.2) is 55.0 Å². The molecule has 0 unspecified atom stereocenters. The Morgan fingerprint density at radius 1 is 0.967 bits per heavy atom. The minimum Gasteiger partial charge on any atom is -0.497 e. The van der Waals surface area contributed by atoms with E-state index in [-0.39, 0.29) is 0 Å². The number of methoxy groups -OCH3 is 2. The summed E-state index contributed by atoms with van der Waals surface area (Å²) >= 11 is 0. The van der Waals surface area contributed by atoms with Crippen LogP contribution in [-0.2, 0) is 0 Å². The zero-order valence-electron chi connectivity index (χ0n) is 17.0. The van der Waals surface area contributed by atoms with E-state index in [0.29, 0.717) is 5.92 Å². The summed E-state index contributed by atoms with van der Waals surface area (Å²) < 4.78 is 11.0. The van der Waals surface area contributed by atoms with Gasteiger partial charge in [-0.25, -0.2) is 4.98 Å². The van der Waals surface area contributed by atoms with Crippen LogP contribution in [0.5, 0.6) is 11.5 Å². The fourth-order valence-corrected chi connectivity index (χ4v) is 3.56. The number of ether oxygens (including phenoxy) is 2. The van der Waals surface area contributed by atoms with Gasteiger partial charge in [-0.2, -0.15) is 5.10 Å². The normalized spacial score (nSPS) is 13.4. The Morgan fingerprint density at radius 3 is 2.43 bits per heavy atom. The first-order valence-electron chi connectivity index (χ1n) is 10.00. The third-order valence-electron chi connectivity index (χ3n) is 5.42. The highest BCUT2D eigenvalue weighted by molar-refractivity contribution is 5.82. The highest BCUT2D eigenvalue weighted by atomic mass is 16.5. The number of hydrogen-bond donors (Lipinski definition) is 1. The van der Waals surface area contributed by atoms with Gasteiger partial charge in [-0.3, -0.25) is 10.1 Å². The van der Waals surface area contributed by atoms with Gasteiger partial charge in [0, 0.05) is 47.9 Å². The van der Waals surface area contributed by atoms with Crippen LogP contribution in [0.2, 0.25) is 0 Å². The van der Waals surface area contributed by atoms with Gasteiger partial charge in [0.25, 0.3) is 0 Å². The smallest absolute Gasteiger partial charge is 0.124 e. The van der Waals surface area contributed by atoms with E-state index < -0.39 is 0 Å². The number of benzene rings is 2. The Bertz CT molecular complexity index is 1150. The molecule has 0 radical (unpaired) electrons. The summed E-state index contributed by atoms with van der Waals surface area (Å²) in [5.74, 6) is 2.24. The zero-order valence-corrected chi connectivity index (χ0v) is 17.0. The van der Waals surface area contributed by atoms with Crippen molar-refractivity contribution in [2.75, 3.05) is 25.7 Å². The number of fused-ring (bicyclic) bond motifs is 1. The van der Waals surface area contributed by atoms with Crippen LogP contribution in [-0.4, -0.2) is 40.9 Å². The number of anilines is 2. The molecule has 1 N–H and O–H groups in total. The number of rotatable bonds is 7. The lowest BCUT2D eigenvalue weighted by molar-refractivity contribution is 0.394. The van der Waals surface area contributed by atoms with Crippen molar-refractivity contribution in [2.45, 2.75) is 12.8 Å². The highest BCUT2D eigenvalue weighted by Crippen LogP contribution is 2.38. The van der Waals surface area contributed by atoms with Crippen LogP contribution in [0.4, 0.5) is 11.4 Å². The van der Waals surface area contributed by atoms with Crippen molar-refractivity contribution in [3.05, 3.63) is 55.0 Å². The van der Waals surface area contributed by atoms with Crippen molar-refractivity contribution in [1.82, 2.24) is 20.2 Å². The molecule has 152 valence electrons. The van der Waals surface area contributed by atoms with E-state index in [1.807, 2.05) is 30.5 Å². The second-order valence-electron chi connectivity index (χ2n) is 7.54. The third kappa shape index (κ3) is 3.66. The van der Waals surface area contributed by atoms with Gasteiger partial charge in [0.15, 0.2) is 0 Å². The van der Waals surface area contributed by atoms with Crippen LogP contribution in [0, 0.1) is 5.92 Å². The van der Waals surface area contributed by atoms with Crippen LogP contribution in [0.3, 0.4) is 0 Å². The van der Waals surface area contributed by atoms with Gasteiger partial charge in [0.2, 0.25) is 0 Å². The fraction of sp³-hybridized carbons (Fsp3) is 0.261. The molecular weight excluding hydrogens is 378 g/mol. The molecule has 2 heterocycles. The molecule has 1 aliphatic carbocycles. The molecule has 1 fully saturated rings. The van der Waals surface area contributed by atoms with Crippen LogP contribution >= 0.6 is 0 Å². The Kier molecular flexibility index (Phi) is 4.71. The van der Waals surface area contributed by atoms with E-state index in [0.717, 1.165) is 51.7 Å². The minimum atomic E-state index is 0.696. The van der Waals surface area contributed by atoms with Crippen LogP contribution in [0.25, 0.3) is 22.3 Å².